The van der Waals surface area contributed by atoms with Gasteiger partial charge in [0.25, 0.3) is 0 Å². The van der Waals surface area contributed by atoms with Gasteiger partial charge in [-0.25, -0.2) is 0 Å². The fourth-order valence-electron chi connectivity index (χ4n) is 10.4. The zero-order valence-electron chi connectivity index (χ0n) is 49.2. The summed E-state index contributed by atoms with van der Waals surface area (Å²) in [6, 6.07) is -1.20. The van der Waals surface area contributed by atoms with Crippen LogP contribution in [-0.4, -0.2) is 110 Å². The van der Waals surface area contributed by atoms with Gasteiger partial charge in [-0.1, -0.05) is 262 Å². The second-order valence-electron chi connectivity index (χ2n) is 22.8. The monoisotopic (exact) mass is 1080 g/mol. The molecule has 0 spiro atoms. The van der Waals surface area contributed by atoms with Gasteiger partial charge in [-0.3, -0.25) is 4.79 Å². The summed E-state index contributed by atoms with van der Waals surface area (Å²) in [4.78, 5) is 13.2. The van der Waals surface area contributed by atoms with Crippen LogP contribution in [0, 0.1) is 0 Å². The fraction of sp³-hybridized carbons (Fsp3) is 0.892. The number of amides is 1. The number of carbonyl (C=O) groups excluding carboxylic acids is 1. The molecule has 0 bridgehead atoms. The van der Waals surface area contributed by atoms with E-state index < -0.39 is 74.2 Å². The Kier molecular flexibility index (Phi) is 51.3. The summed E-state index contributed by atoms with van der Waals surface area (Å²) in [6.45, 7) is 3.48. The molecule has 11 nitrogen and oxygen atoms in total. The Hall–Kier alpha value is -1.67. The summed E-state index contributed by atoms with van der Waals surface area (Å²) in [5.74, 6) is -0.712. The minimum absolute atomic E-state index is 0.244. The third-order valence-corrected chi connectivity index (χ3v) is 15.6. The van der Waals surface area contributed by atoms with Crippen molar-refractivity contribution in [2.75, 3.05) is 13.2 Å². The van der Waals surface area contributed by atoms with Crippen molar-refractivity contribution in [3.05, 3.63) is 36.5 Å². The molecular formula is C65H123NO10. The predicted octanol–water partition coefficient (Wildman–Crippen LogP) is 14.6. The Bertz CT molecular complexity index is 1330. The van der Waals surface area contributed by atoms with Gasteiger partial charge >= 0.3 is 0 Å². The number of rotatable bonds is 56. The lowest BCUT2D eigenvalue weighted by molar-refractivity contribution is -0.303. The highest BCUT2D eigenvalue weighted by molar-refractivity contribution is 5.80. The van der Waals surface area contributed by atoms with Crippen molar-refractivity contribution < 1.29 is 50.0 Å². The zero-order chi connectivity index (χ0) is 55.4. The van der Waals surface area contributed by atoms with Crippen LogP contribution in [0.5, 0.6) is 0 Å². The molecule has 0 saturated carbocycles. The van der Waals surface area contributed by atoms with Gasteiger partial charge in [-0.15, -0.1) is 0 Å². The maximum absolute atomic E-state index is 13.2. The van der Waals surface area contributed by atoms with E-state index in [9.17, 15) is 40.5 Å². The van der Waals surface area contributed by atoms with Crippen molar-refractivity contribution in [1.82, 2.24) is 5.32 Å². The Balaban J connectivity index is 2.29. The second-order valence-corrected chi connectivity index (χ2v) is 22.8. The number of aliphatic hydroxyl groups excluding tert-OH is 7. The number of carbonyl (C=O) groups is 1. The van der Waals surface area contributed by atoms with E-state index in [1.165, 1.54) is 199 Å². The maximum atomic E-state index is 13.2. The first-order valence-corrected chi connectivity index (χ1v) is 32.4. The average Bonchev–Trinajstić information content (AvgIpc) is 3.42. The first-order chi connectivity index (χ1) is 37.2. The number of unbranched alkanes of at least 4 members (excludes halogenated alkanes) is 38. The topological polar surface area (TPSA) is 189 Å². The normalized spacial score (nSPS) is 19.8. The van der Waals surface area contributed by atoms with Gasteiger partial charge in [0.05, 0.1) is 25.4 Å². The molecular weight excluding hydrogens is 955 g/mol. The molecule has 1 amide bonds. The molecule has 9 unspecified atom stereocenters. The van der Waals surface area contributed by atoms with Crippen molar-refractivity contribution in [2.24, 2.45) is 0 Å². The van der Waals surface area contributed by atoms with Crippen molar-refractivity contribution in [2.45, 2.75) is 358 Å². The first kappa shape index (κ1) is 72.3. The smallest absolute Gasteiger partial charge is 0.249 e. The summed E-state index contributed by atoms with van der Waals surface area (Å²) in [6.07, 6.45) is 56.4. The molecule has 1 heterocycles. The van der Waals surface area contributed by atoms with Gasteiger partial charge in [0.2, 0.25) is 5.91 Å². The summed E-state index contributed by atoms with van der Waals surface area (Å²) in [5.41, 5.74) is 0. The van der Waals surface area contributed by atoms with Crippen molar-refractivity contribution in [1.29, 1.82) is 0 Å². The van der Waals surface area contributed by atoms with Crippen molar-refractivity contribution in [3.63, 3.8) is 0 Å². The molecule has 1 aliphatic heterocycles. The molecule has 0 aromatic heterocycles. The lowest BCUT2D eigenvalue weighted by atomic mass is 9.98. The van der Waals surface area contributed by atoms with Crippen LogP contribution in [0.2, 0.25) is 0 Å². The average molecular weight is 1080 g/mol. The third kappa shape index (κ3) is 41.4. The van der Waals surface area contributed by atoms with Gasteiger partial charge in [0.1, 0.15) is 36.6 Å². The molecule has 11 heteroatoms. The van der Waals surface area contributed by atoms with Gasteiger partial charge in [-0.05, 0) is 77.0 Å². The summed E-state index contributed by atoms with van der Waals surface area (Å²) < 4.78 is 11.2. The van der Waals surface area contributed by atoms with Gasteiger partial charge in [0, 0.05) is 0 Å². The van der Waals surface area contributed by atoms with Crippen LogP contribution in [0.4, 0.5) is 0 Å². The summed E-state index contributed by atoms with van der Waals surface area (Å²) >= 11 is 0. The van der Waals surface area contributed by atoms with E-state index in [1.54, 1.807) is 0 Å². The predicted molar refractivity (Wildman–Crippen MR) is 316 cm³/mol. The molecule has 76 heavy (non-hydrogen) atoms. The van der Waals surface area contributed by atoms with Gasteiger partial charge in [0.15, 0.2) is 6.29 Å². The number of ether oxygens (including phenoxy) is 2. The minimum atomic E-state index is -1.67. The van der Waals surface area contributed by atoms with E-state index in [0.29, 0.717) is 19.3 Å². The van der Waals surface area contributed by atoms with E-state index in [0.717, 1.165) is 57.8 Å². The molecule has 1 saturated heterocycles. The Morgan fingerprint density at radius 1 is 0.447 bits per heavy atom. The lowest BCUT2D eigenvalue weighted by Gasteiger charge is -2.40. The molecule has 8 N–H and O–H groups in total. The maximum Gasteiger partial charge on any atom is 0.249 e. The molecule has 1 fully saturated rings. The second kappa shape index (κ2) is 53.9. The highest BCUT2D eigenvalue weighted by Crippen LogP contribution is 2.23. The Morgan fingerprint density at radius 2 is 0.789 bits per heavy atom. The number of allylic oxidation sites excluding steroid dienone is 6. The van der Waals surface area contributed by atoms with Crippen molar-refractivity contribution in [3.8, 4) is 0 Å². The largest absolute Gasteiger partial charge is 0.394 e. The standard InChI is InChI=1S/C65H123NO10/c1-3-5-7-9-11-13-15-17-19-21-23-25-27-28-29-30-31-33-34-36-38-40-42-44-46-48-50-52-57(68)60(70)56(55-75-65-63(73)62(72)61(71)59(54-67)76-65)66-64(74)58(69)53-51-49-47-45-43-41-39-37-35-32-26-24-22-20-18-16-14-12-10-8-6-4-2/h35-38,44,46,56-63,65,67-73H,3-34,39-43,45,47-55H2,1-2H3,(H,66,74)/b37-35-,38-36+,46-44+. The number of nitrogens with one attached hydrogen (secondary N) is 1. The fourth-order valence-corrected chi connectivity index (χ4v) is 10.4. The van der Waals surface area contributed by atoms with Gasteiger partial charge in [-0.2, -0.15) is 0 Å². The van der Waals surface area contributed by atoms with E-state index >= 15 is 0 Å². The number of aliphatic hydroxyl groups is 7. The zero-order valence-corrected chi connectivity index (χ0v) is 49.2. The van der Waals surface area contributed by atoms with Crippen molar-refractivity contribution >= 4 is 5.91 Å². The molecule has 0 aromatic carbocycles. The molecule has 1 aliphatic rings. The van der Waals surface area contributed by atoms with Crippen LogP contribution >= 0.6 is 0 Å². The Morgan fingerprint density at radius 3 is 1.17 bits per heavy atom. The SMILES string of the molecule is CCCCCCCCCCCCCC/C=C\CCCCCCCCC(O)C(=O)NC(COC1OC(CO)C(O)C(O)C1O)C(O)C(O)CCC/C=C/CC/C=C/CCCCCCCCCCCCCCCCCCCC. The van der Waals surface area contributed by atoms with E-state index in [4.69, 9.17) is 9.47 Å². The number of hydrogen-bond donors (Lipinski definition) is 8. The molecule has 448 valence electrons. The molecule has 0 radical (unpaired) electrons. The third-order valence-electron chi connectivity index (χ3n) is 15.6. The highest BCUT2D eigenvalue weighted by Gasteiger charge is 2.44. The molecule has 9 atom stereocenters. The first-order valence-electron chi connectivity index (χ1n) is 32.4. The van der Waals surface area contributed by atoms with Crippen LogP contribution in [0.1, 0.15) is 303 Å². The van der Waals surface area contributed by atoms with E-state index in [1.807, 2.05) is 0 Å². The van der Waals surface area contributed by atoms with E-state index in [-0.39, 0.29) is 12.8 Å². The van der Waals surface area contributed by atoms with E-state index in [2.05, 4.69) is 55.6 Å². The quantitative estimate of drug-likeness (QED) is 0.0215. The highest BCUT2D eigenvalue weighted by atomic mass is 16.7. The lowest BCUT2D eigenvalue weighted by Crippen LogP contribution is -2.60. The minimum Gasteiger partial charge on any atom is -0.394 e. The molecule has 1 rings (SSSR count). The summed E-state index contributed by atoms with van der Waals surface area (Å²) in [7, 11) is 0. The molecule has 0 aromatic rings. The van der Waals surface area contributed by atoms with Crippen LogP contribution in [0.15, 0.2) is 36.5 Å². The van der Waals surface area contributed by atoms with Crippen LogP contribution in [0.3, 0.4) is 0 Å². The summed E-state index contributed by atoms with van der Waals surface area (Å²) in [5, 5.41) is 76.3. The van der Waals surface area contributed by atoms with Crippen LogP contribution in [0.25, 0.3) is 0 Å². The molecule has 0 aliphatic carbocycles. The van der Waals surface area contributed by atoms with Gasteiger partial charge < -0.3 is 50.5 Å². The number of hydrogen-bond acceptors (Lipinski definition) is 10. The van der Waals surface area contributed by atoms with Crippen LogP contribution < -0.4 is 5.32 Å². The Labute approximate surface area is 467 Å². The van der Waals surface area contributed by atoms with Crippen LogP contribution in [-0.2, 0) is 14.3 Å².